The number of benzene rings is 1. The molecule has 0 unspecified atom stereocenters. The topological polar surface area (TPSA) is 84.0 Å². The summed E-state index contributed by atoms with van der Waals surface area (Å²) in [5, 5.41) is 0. The Morgan fingerprint density at radius 2 is 1.78 bits per heavy atom. The van der Waals surface area contributed by atoms with Crippen LogP contribution in [0.15, 0.2) is 18.2 Å². The first-order valence-electron chi connectivity index (χ1n) is 7.14. The van der Waals surface area contributed by atoms with Crippen molar-refractivity contribution in [1.82, 2.24) is 9.80 Å². The monoisotopic (exact) mass is 318 g/mol. The SMILES string of the molecule is Cc1ccc2c(c1)C(=O)N(CCC(=O)OCC(=O)N(C)C)C2=O. The van der Waals surface area contributed by atoms with E-state index in [0.717, 1.165) is 10.5 Å². The zero-order valence-corrected chi connectivity index (χ0v) is 13.3. The lowest BCUT2D eigenvalue weighted by Gasteiger charge is -2.14. The van der Waals surface area contributed by atoms with Crippen molar-refractivity contribution in [3.05, 3.63) is 34.9 Å². The molecule has 1 heterocycles. The van der Waals surface area contributed by atoms with Gasteiger partial charge < -0.3 is 9.64 Å². The van der Waals surface area contributed by atoms with Gasteiger partial charge in [-0.25, -0.2) is 0 Å². The third kappa shape index (κ3) is 3.56. The Labute approximate surface area is 133 Å². The fraction of sp³-hybridized carbons (Fsp3) is 0.375. The number of hydrogen-bond acceptors (Lipinski definition) is 5. The number of fused-ring (bicyclic) bond motifs is 1. The van der Waals surface area contributed by atoms with Crippen molar-refractivity contribution in [2.75, 3.05) is 27.2 Å². The number of ether oxygens (including phenoxy) is 1. The molecular weight excluding hydrogens is 300 g/mol. The van der Waals surface area contributed by atoms with E-state index < -0.39 is 17.8 Å². The largest absolute Gasteiger partial charge is 0.456 e. The Morgan fingerprint density at radius 1 is 1.13 bits per heavy atom. The number of imide groups is 1. The van der Waals surface area contributed by atoms with Gasteiger partial charge in [-0.15, -0.1) is 0 Å². The third-order valence-corrected chi connectivity index (χ3v) is 3.52. The fourth-order valence-corrected chi connectivity index (χ4v) is 2.15. The van der Waals surface area contributed by atoms with Gasteiger partial charge in [0.05, 0.1) is 17.5 Å². The number of carbonyl (C=O) groups excluding carboxylic acids is 4. The highest BCUT2D eigenvalue weighted by molar-refractivity contribution is 6.21. The van der Waals surface area contributed by atoms with Crippen molar-refractivity contribution in [1.29, 1.82) is 0 Å². The first-order chi connectivity index (χ1) is 10.8. The molecule has 1 aromatic carbocycles. The van der Waals surface area contributed by atoms with Crippen molar-refractivity contribution in [3.8, 4) is 0 Å². The smallest absolute Gasteiger partial charge is 0.308 e. The molecule has 0 saturated carbocycles. The molecule has 0 spiro atoms. The number of likely N-dealkylation sites (N-methyl/N-ethyl adjacent to an activating group) is 1. The standard InChI is InChI=1S/C16H18N2O5/c1-10-4-5-11-12(8-10)16(22)18(15(11)21)7-6-14(20)23-9-13(19)17(2)3/h4-5,8H,6-7,9H2,1-3H3. The van der Waals surface area contributed by atoms with Gasteiger partial charge in [0.1, 0.15) is 0 Å². The van der Waals surface area contributed by atoms with Gasteiger partial charge in [-0.05, 0) is 19.1 Å². The highest BCUT2D eigenvalue weighted by Crippen LogP contribution is 2.23. The minimum absolute atomic E-state index is 0.0691. The maximum absolute atomic E-state index is 12.2. The van der Waals surface area contributed by atoms with Gasteiger partial charge >= 0.3 is 5.97 Å². The molecule has 7 heteroatoms. The Bertz CT molecular complexity index is 681. The van der Waals surface area contributed by atoms with Crippen molar-refractivity contribution < 1.29 is 23.9 Å². The van der Waals surface area contributed by atoms with Crippen molar-refractivity contribution in [2.24, 2.45) is 0 Å². The summed E-state index contributed by atoms with van der Waals surface area (Å²) in [6.07, 6.45) is -0.148. The highest BCUT2D eigenvalue weighted by Gasteiger charge is 2.35. The van der Waals surface area contributed by atoms with E-state index in [1.807, 2.05) is 6.92 Å². The highest BCUT2D eigenvalue weighted by atomic mass is 16.5. The van der Waals surface area contributed by atoms with E-state index in [2.05, 4.69) is 0 Å². The molecule has 23 heavy (non-hydrogen) atoms. The molecule has 0 fully saturated rings. The van der Waals surface area contributed by atoms with Gasteiger partial charge in [-0.3, -0.25) is 24.1 Å². The zero-order valence-electron chi connectivity index (χ0n) is 13.3. The van der Waals surface area contributed by atoms with Gasteiger partial charge in [0.25, 0.3) is 17.7 Å². The van der Waals surface area contributed by atoms with Crippen molar-refractivity contribution in [2.45, 2.75) is 13.3 Å². The summed E-state index contributed by atoms with van der Waals surface area (Å²) in [6.45, 7) is 1.41. The second-order valence-electron chi connectivity index (χ2n) is 5.51. The van der Waals surface area contributed by atoms with Crippen LogP contribution in [-0.2, 0) is 14.3 Å². The predicted octanol–water partition coefficient (Wildman–Crippen LogP) is 0.613. The summed E-state index contributed by atoms with van der Waals surface area (Å²) in [6, 6.07) is 5.03. The van der Waals surface area contributed by atoms with Crippen LogP contribution >= 0.6 is 0 Å². The number of rotatable bonds is 5. The van der Waals surface area contributed by atoms with E-state index in [1.165, 1.54) is 4.90 Å². The molecule has 0 bridgehead atoms. The molecule has 1 aliphatic rings. The lowest BCUT2D eigenvalue weighted by atomic mass is 10.1. The zero-order chi connectivity index (χ0) is 17.1. The lowest BCUT2D eigenvalue weighted by molar-refractivity contribution is -0.151. The molecule has 0 aliphatic carbocycles. The quantitative estimate of drug-likeness (QED) is 0.587. The number of amides is 3. The normalized spacial score (nSPS) is 13.1. The second kappa shape index (κ2) is 6.60. The average molecular weight is 318 g/mol. The van der Waals surface area contributed by atoms with E-state index >= 15 is 0 Å². The molecule has 1 aromatic rings. The molecule has 3 amide bonds. The van der Waals surface area contributed by atoms with Gasteiger partial charge in [-0.1, -0.05) is 11.6 Å². The van der Waals surface area contributed by atoms with Crippen LogP contribution in [0.1, 0.15) is 32.7 Å². The van der Waals surface area contributed by atoms with Crippen LogP contribution in [0.2, 0.25) is 0 Å². The van der Waals surface area contributed by atoms with Crippen LogP contribution in [0.25, 0.3) is 0 Å². The van der Waals surface area contributed by atoms with Gasteiger partial charge in [0.15, 0.2) is 6.61 Å². The molecule has 0 atom stereocenters. The Hall–Kier alpha value is -2.70. The van der Waals surface area contributed by atoms with Gasteiger partial charge in [-0.2, -0.15) is 0 Å². The van der Waals surface area contributed by atoms with Crippen LogP contribution in [-0.4, -0.2) is 60.7 Å². The summed E-state index contributed by atoms with van der Waals surface area (Å²) >= 11 is 0. The number of nitrogens with zero attached hydrogens (tertiary/aromatic N) is 2. The molecule has 2 rings (SSSR count). The Balaban J connectivity index is 1.92. The van der Waals surface area contributed by atoms with Crippen molar-refractivity contribution >= 4 is 23.7 Å². The van der Waals surface area contributed by atoms with E-state index in [9.17, 15) is 19.2 Å². The predicted molar refractivity (Wildman–Crippen MR) is 80.8 cm³/mol. The summed E-state index contributed by atoms with van der Waals surface area (Å²) < 4.78 is 4.81. The lowest BCUT2D eigenvalue weighted by Crippen LogP contribution is -2.33. The summed E-state index contributed by atoms with van der Waals surface area (Å²) in [4.78, 5) is 49.7. The Morgan fingerprint density at radius 3 is 2.43 bits per heavy atom. The number of aryl methyl sites for hydroxylation is 1. The molecule has 1 aliphatic heterocycles. The Kier molecular flexibility index (Phi) is 4.78. The van der Waals surface area contributed by atoms with Crippen LogP contribution in [0.5, 0.6) is 0 Å². The van der Waals surface area contributed by atoms with Crippen LogP contribution in [0.4, 0.5) is 0 Å². The average Bonchev–Trinajstić information content (AvgIpc) is 2.73. The molecule has 0 aromatic heterocycles. The fourth-order valence-electron chi connectivity index (χ4n) is 2.15. The minimum atomic E-state index is -0.632. The van der Waals surface area contributed by atoms with E-state index in [1.54, 1.807) is 32.3 Å². The summed E-state index contributed by atoms with van der Waals surface area (Å²) in [5.41, 5.74) is 1.58. The van der Waals surface area contributed by atoms with Gasteiger partial charge in [0.2, 0.25) is 0 Å². The number of esters is 1. The maximum Gasteiger partial charge on any atom is 0.308 e. The van der Waals surface area contributed by atoms with Gasteiger partial charge in [0, 0.05) is 20.6 Å². The summed E-state index contributed by atoms with van der Waals surface area (Å²) in [7, 11) is 3.11. The second-order valence-corrected chi connectivity index (χ2v) is 5.51. The van der Waals surface area contributed by atoms with Crippen LogP contribution in [0, 0.1) is 6.92 Å². The molecule has 122 valence electrons. The number of carbonyl (C=O) groups is 4. The van der Waals surface area contributed by atoms with Crippen LogP contribution < -0.4 is 0 Å². The molecule has 0 N–H and O–H groups in total. The summed E-state index contributed by atoms with van der Waals surface area (Å²) in [5.74, 6) is -1.80. The minimum Gasteiger partial charge on any atom is -0.456 e. The van der Waals surface area contributed by atoms with E-state index in [-0.39, 0.29) is 25.5 Å². The molecule has 7 nitrogen and oxygen atoms in total. The third-order valence-electron chi connectivity index (χ3n) is 3.52. The van der Waals surface area contributed by atoms with E-state index in [0.29, 0.717) is 11.1 Å². The maximum atomic E-state index is 12.2. The van der Waals surface area contributed by atoms with E-state index in [4.69, 9.17) is 4.74 Å². The first-order valence-corrected chi connectivity index (χ1v) is 7.14. The number of hydrogen-bond donors (Lipinski definition) is 0. The molecule has 0 radical (unpaired) electrons. The van der Waals surface area contributed by atoms with Crippen LogP contribution in [0.3, 0.4) is 0 Å². The first kappa shape index (κ1) is 16.7. The molecular formula is C16H18N2O5. The van der Waals surface area contributed by atoms with Crippen molar-refractivity contribution in [3.63, 3.8) is 0 Å². The molecule has 0 saturated heterocycles.